The van der Waals surface area contributed by atoms with Gasteiger partial charge in [0.15, 0.2) is 11.5 Å². The first-order valence-corrected chi connectivity index (χ1v) is 9.92. The molecule has 0 unspecified atom stereocenters. The minimum absolute atomic E-state index is 0.0204. The zero-order chi connectivity index (χ0) is 21.2. The number of likely N-dealkylation sites (tertiary alicyclic amines) is 1. The number of ether oxygens (including phenoxy) is 1. The van der Waals surface area contributed by atoms with E-state index < -0.39 is 0 Å². The number of aromatic nitrogens is 5. The molecule has 1 aliphatic rings. The van der Waals surface area contributed by atoms with Gasteiger partial charge in [-0.1, -0.05) is 41.6 Å². The lowest BCUT2D eigenvalue weighted by molar-refractivity contribution is 0.0562. The fourth-order valence-corrected chi connectivity index (χ4v) is 3.53. The maximum atomic E-state index is 12.7. The molecule has 0 bridgehead atoms. The number of methoxy groups -OCH3 is 1. The standard InChI is InChI=1S/C22H20N6O3/c1-30-19-10-6-5-7-15(19)11-20-24-21(31-26-20)16-13-27(14-16)22(29)18-12-23-28(25-18)17-8-3-2-4-9-17/h2-10,12,16H,11,13-14H2,1H3. The van der Waals surface area contributed by atoms with Crippen LogP contribution in [0.4, 0.5) is 0 Å². The number of carbonyl (C=O) groups is 1. The first kappa shape index (κ1) is 19.0. The summed E-state index contributed by atoms with van der Waals surface area (Å²) in [5.41, 5.74) is 2.10. The highest BCUT2D eigenvalue weighted by atomic mass is 16.5. The van der Waals surface area contributed by atoms with Gasteiger partial charge in [0.25, 0.3) is 5.91 Å². The maximum Gasteiger partial charge on any atom is 0.276 e. The molecule has 9 heteroatoms. The van der Waals surface area contributed by atoms with E-state index in [0.717, 1.165) is 17.0 Å². The van der Waals surface area contributed by atoms with Gasteiger partial charge in [0.2, 0.25) is 5.89 Å². The Kier molecular flexibility index (Phi) is 4.91. The van der Waals surface area contributed by atoms with Gasteiger partial charge in [-0.15, -0.1) is 5.10 Å². The molecule has 156 valence electrons. The summed E-state index contributed by atoms with van der Waals surface area (Å²) in [5, 5.41) is 12.6. The molecule has 0 aliphatic carbocycles. The molecule has 2 aromatic carbocycles. The van der Waals surface area contributed by atoms with Crippen LogP contribution in [0.3, 0.4) is 0 Å². The second-order valence-electron chi connectivity index (χ2n) is 7.30. The van der Waals surface area contributed by atoms with E-state index in [4.69, 9.17) is 9.26 Å². The number of carbonyl (C=O) groups excluding carboxylic acids is 1. The van der Waals surface area contributed by atoms with E-state index in [9.17, 15) is 4.79 Å². The fourth-order valence-electron chi connectivity index (χ4n) is 3.53. The van der Waals surface area contributed by atoms with Crippen LogP contribution in [-0.2, 0) is 6.42 Å². The number of hydrogen-bond acceptors (Lipinski definition) is 7. The van der Waals surface area contributed by atoms with E-state index in [2.05, 4.69) is 20.3 Å². The SMILES string of the molecule is COc1ccccc1Cc1noc(C2CN(C(=O)c3cnn(-c4ccccc4)n3)C2)n1. The predicted octanol–water partition coefficient (Wildman–Crippen LogP) is 2.49. The van der Waals surface area contributed by atoms with Crippen LogP contribution in [0.15, 0.2) is 65.3 Å². The Hall–Kier alpha value is -4.01. The quantitative estimate of drug-likeness (QED) is 0.476. The molecular formula is C22H20N6O3. The molecule has 31 heavy (non-hydrogen) atoms. The van der Waals surface area contributed by atoms with Gasteiger partial charge in [-0.25, -0.2) is 0 Å². The molecule has 0 spiro atoms. The molecule has 0 saturated carbocycles. The van der Waals surface area contributed by atoms with Crippen molar-refractivity contribution >= 4 is 5.91 Å². The van der Waals surface area contributed by atoms with Crippen LogP contribution >= 0.6 is 0 Å². The summed E-state index contributed by atoms with van der Waals surface area (Å²) in [6.07, 6.45) is 2.01. The first-order valence-electron chi connectivity index (χ1n) is 9.92. The van der Waals surface area contributed by atoms with Crippen LogP contribution in [0.1, 0.15) is 33.7 Å². The Bertz CT molecular complexity index is 1200. The van der Waals surface area contributed by atoms with Crippen LogP contribution in [0, 0.1) is 0 Å². The molecule has 1 saturated heterocycles. The summed E-state index contributed by atoms with van der Waals surface area (Å²) in [7, 11) is 1.64. The third-order valence-corrected chi connectivity index (χ3v) is 5.24. The van der Waals surface area contributed by atoms with E-state index in [0.29, 0.717) is 36.9 Å². The summed E-state index contributed by atoms with van der Waals surface area (Å²) in [6, 6.07) is 17.2. The van der Waals surface area contributed by atoms with Crippen LogP contribution in [0.2, 0.25) is 0 Å². The highest BCUT2D eigenvalue weighted by Gasteiger charge is 2.37. The number of para-hydroxylation sites is 2. The molecular weight excluding hydrogens is 396 g/mol. The summed E-state index contributed by atoms with van der Waals surface area (Å²) in [5.74, 6) is 1.79. The number of amides is 1. The van der Waals surface area contributed by atoms with Gasteiger partial charge < -0.3 is 14.2 Å². The molecule has 1 fully saturated rings. The fraction of sp³-hybridized carbons (Fsp3) is 0.227. The van der Waals surface area contributed by atoms with Crippen molar-refractivity contribution in [3.63, 3.8) is 0 Å². The van der Waals surface area contributed by atoms with Crippen LogP contribution in [-0.4, -0.2) is 56.1 Å². The van der Waals surface area contributed by atoms with Crippen molar-refractivity contribution in [2.45, 2.75) is 12.3 Å². The normalized spacial score (nSPS) is 13.8. The molecule has 2 aromatic heterocycles. The summed E-state index contributed by atoms with van der Waals surface area (Å²) >= 11 is 0. The van der Waals surface area contributed by atoms with Crippen molar-refractivity contribution in [2.75, 3.05) is 20.2 Å². The lowest BCUT2D eigenvalue weighted by Crippen LogP contribution is -2.48. The lowest BCUT2D eigenvalue weighted by Gasteiger charge is -2.36. The van der Waals surface area contributed by atoms with E-state index >= 15 is 0 Å². The van der Waals surface area contributed by atoms with Crippen LogP contribution < -0.4 is 4.74 Å². The van der Waals surface area contributed by atoms with Crippen LogP contribution in [0.5, 0.6) is 5.75 Å². The lowest BCUT2D eigenvalue weighted by atomic mass is 10.00. The average molecular weight is 416 g/mol. The smallest absolute Gasteiger partial charge is 0.276 e. The van der Waals surface area contributed by atoms with Gasteiger partial charge in [-0.2, -0.15) is 14.9 Å². The Balaban J connectivity index is 1.21. The monoisotopic (exact) mass is 416 g/mol. The number of rotatable bonds is 6. The third-order valence-electron chi connectivity index (χ3n) is 5.24. The molecule has 1 aliphatic heterocycles. The topological polar surface area (TPSA) is 99.2 Å². The second kappa shape index (κ2) is 8.02. The van der Waals surface area contributed by atoms with Crippen LogP contribution in [0.25, 0.3) is 5.69 Å². The van der Waals surface area contributed by atoms with Crippen molar-refractivity contribution in [1.29, 1.82) is 0 Å². The van der Waals surface area contributed by atoms with E-state index in [1.807, 2.05) is 54.6 Å². The highest BCUT2D eigenvalue weighted by molar-refractivity contribution is 5.92. The molecule has 9 nitrogen and oxygen atoms in total. The van der Waals surface area contributed by atoms with Gasteiger partial charge in [0.1, 0.15) is 5.75 Å². The second-order valence-corrected chi connectivity index (χ2v) is 7.30. The van der Waals surface area contributed by atoms with Gasteiger partial charge in [0, 0.05) is 25.1 Å². The Morgan fingerprint density at radius 3 is 2.71 bits per heavy atom. The van der Waals surface area contributed by atoms with Gasteiger partial charge in [0.05, 0.1) is 24.9 Å². The maximum absolute atomic E-state index is 12.7. The van der Waals surface area contributed by atoms with E-state index in [-0.39, 0.29) is 11.8 Å². The predicted molar refractivity (Wildman–Crippen MR) is 110 cm³/mol. The number of benzene rings is 2. The van der Waals surface area contributed by atoms with Gasteiger partial charge in [-0.05, 0) is 18.2 Å². The van der Waals surface area contributed by atoms with Crippen molar-refractivity contribution < 1.29 is 14.1 Å². The molecule has 0 radical (unpaired) electrons. The number of hydrogen-bond donors (Lipinski definition) is 0. The minimum atomic E-state index is -0.160. The first-order chi connectivity index (χ1) is 15.2. The molecule has 4 aromatic rings. The molecule has 1 amide bonds. The van der Waals surface area contributed by atoms with Crippen molar-refractivity contribution in [1.82, 2.24) is 30.0 Å². The Labute approximate surface area is 178 Å². The summed E-state index contributed by atoms with van der Waals surface area (Å²) in [6.45, 7) is 1.01. The average Bonchev–Trinajstić information content (AvgIpc) is 3.44. The highest BCUT2D eigenvalue weighted by Crippen LogP contribution is 2.28. The Morgan fingerprint density at radius 1 is 1.13 bits per heavy atom. The van der Waals surface area contributed by atoms with Gasteiger partial charge >= 0.3 is 0 Å². The zero-order valence-electron chi connectivity index (χ0n) is 16.9. The van der Waals surface area contributed by atoms with Crippen molar-refractivity contribution in [2.24, 2.45) is 0 Å². The summed E-state index contributed by atoms with van der Waals surface area (Å²) in [4.78, 5) is 20.4. The van der Waals surface area contributed by atoms with Gasteiger partial charge in [-0.3, -0.25) is 4.79 Å². The zero-order valence-corrected chi connectivity index (χ0v) is 16.9. The van der Waals surface area contributed by atoms with Crippen molar-refractivity contribution in [3.8, 4) is 11.4 Å². The minimum Gasteiger partial charge on any atom is -0.496 e. The Morgan fingerprint density at radius 2 is 1.90 bits per heavy atom. The molecule has 0 atom stereocenters. The molecule has 3 heterocycles. The largest absolute Gasteiger partial charge is 0.496 e. The number of nitrogens with zero attached hydrogens (tertiary/aromatic N) is 6. The van der Waals surface area contributed by atoms with E-state index in [1.165, 1.54) is 11.0 Å². The molecule has 5 rings (SSSR count). The summed E-state index contributed by atoms with van der Waals surface area (Å²) < 4.78 is 10.8. The van der Waals surface area contributed by atoms with Crippen molar-refractivity contribution in [3.05, 3.63) is 83.8 Å². The third kappa shape index (κ3) is 3.77. The van der Waals surface area contributed by atoms with E-state index in [1.54, 1.807) is 12.0 Å². The molecule has 0 N–H and O–H groups in total.